The molecule has 4 atom stereocenters. The number of hydrogen-bond donors (Lipinski definition) is 7. The maximum Gasteiger partial charge on any atom is 0.338 e. The maximum absolute atomic E-state index is 13.6. The van der Waals surface area contributed by atoms with Crippen LogP contribution in [0.15, 0.2) is 122 Å². The van der Waals surface area contributed by atoms with Gasteiger partial charge >= 0.3 is 12.0 Å². The standard InChI is InChI=1S/C45H47N9O8/c1-2-46-41(57)37-35(55)36(56)43(62-37)54-27-51-34-38(49-25-33(30-14-8-4-9-15-30)31-16-10-5-11-17-31)52-39(53-40(34)54)42(58)47-22-23-48-45(60)50-24-28-18-20-32(21-19-28)44(59)61-26-29-12-6-3-7-13-29/h3-21,27,33,35-37,43,55-56H,2,22-26H2,1H3,(H,46,57)(H,47,58)(H2,48,50,60)(H,49,52,53)/t35-,36+,37-,43+/m0/s1. The van der Waals surface area contributed by atoms with Gasteiger partial charge in [-0.3, -0.25) is 14.2 Å². The van der Waals surface area contributed by atoms with E-state index in [1.807, 2.05) is 91.0 Å². The number of anilines is 1. The Balaban J connectivity index is 1.00. The number of urea groups is 1. The first-order valence-corrected chi connectivity index (χ1v) is 20.2. The van der Waals surface area contributed by atoms with E-state index in [9.17, 15) is 29.4 Å². The number of ether oxygens (including phenoxy) is 2. The molecule has 0 bridgehead atoms. The monoisotopic (exact) mass is 841 g/mol. The van der Waals surface area contributed by atoms with Gasteiger partial charge in [-0.15, -0.1) is 0 Å². The van der Waals surface area contributed by atoms with E-state index in [0.717, 1.165) is 22.3 Å². The molecule has 4 aromatic carbocycles. The summed E-state index contributed by atoms with van der Waals surface area (Å²) in [6, 6.07) is 35.4. The maximum atomic E-state index is 13.6. The van der Waals surface area contributed by atoms with Gasteiger partial charge in [0.05, 0.1) is 11.9 Å². The zero-order valence-electron chi connectivity index (χ0n) is 33.8. The van der Waals surface area contributed by atoms with Gasteiger partial charge in [-0.25, -0.2) is 24.5 Å². The molecule has 7 rings (SSSR count). The van der Waals surface area contributed by atoms with Crippen LogP contribution < -0.4 is 26.6 Å². The van der Waals surface area contributed by atoms with Crippen molar-refractivity contribution in [2.75, 3.05) is 31.5 Å². The molecule has 0 radical (unpaired) electrons. The number of aliphatic hydroxyl groups excluding tert-OH is 2. The van der Waals surface area contributed by atoms with Crippen LogP contribution in [0.3, 0.4) is 0 Å². The number of esters is 1. The molecule has 17 nitrogen and oxygen atoms in total. The van der Waals surface area contributed by atoms with Crippen LogP contribution in [0.1, 0.15) is 62.3 Å². The molecule has 0 aliphatic carbocycles. The summed E-state index contributed by atoms with van der Waals surface area (Å²) in [5.41, 5.74) is 4.46. The lowest BCUT2D eigenvalue weighted by atomic mass is 9.91. The van der Waals surface area contributed by atoms with E-state index >= 15 is 0 Å². The van der Waals surface area contributed by atoms with Crippen LogP contribution in [0.5, 0.6) is 0 Å². The number of amides is 4. The van der Waals surface area contributed by atoms with Gasteiger partial charge in [0, 0.05) is 38.6 Å². The Bertz CT molecular complexity index is 2420. The lowest BCUT2D eigenvalue weighted by Crippen LogP contribution is -2.42. The van der Waals surface area contributed by atoms with Crippen molar-refractivity contribution >= 4 is 40.8 Å². The summed E-state index contributed by atoms with van der Waals surface area (Å²) in [4.78, 5) is 64.9. The minimum atomic E-state index is -1.55. The number of benzene rings is 4. The number of imidazole rings is 1. The number of nitrogens with zero attached hydrogens (tertiary/aromatic N) is 4. The second kappa shape index (κ2) is 20.4. The van der Waals surface area contributed by atoms with Gasteiger partial charge in [-0.05, 0) is 41.3 Å². The molecule has 0 spiro atoms. The predicted octanol–water partition coefficient (Wildman–Crippen LogP) is 3.41. The molecule has 0 saturated carbocycles. The molecule has 1 aliphatic heterocycles. The van der Waals surface area contributed by atoms with Crippen molar-refractivity contribution in [1.82, 2.24) is 40.8 Å². The number of fused-ring (bicyclic) bond motifs is 1. The van der Waals surface area contributed by atoms with Crippen LogP contribution in [0.4, 0.5) is 10.6 Å². The van der Waals surface area contributed by atoms with Crippen molar-refractivity contribution in [2.45, 2.75) is 50.5 Å². The molecule has 1 saturated heterocycles. The van der Waals surface area contributed by atoms with E-state index in [1.165, 1.54) is 10.9 Å². The van der Waals surface area contributed by atoms with E-state index in [1.54, 1.807) is 31.2 Å². The summed E-state index contributed by atoms with van der Waals surface area (Å²) >= 11 is 0. The molecule has 17 heteroatoms. The average Bonchev–Trinajstić information content (AvgIpc) is 3.86. The zero-order valence-corrected chi connectivity index (χ0v) is 33.8. The van der Waals surface area contributed by atoms with Gasteiger partial charge in [0.2, 0.25) is 5.82 Å². The number of nitrogens with one attached hydrogen (secondary N) is 5. The molecule has 3 heterocycles. The number of aliphatic hydroxyl groups is 2. The summed E-state index contributed by atoms with van der Waals surface area (Å²) in [5.74, 6) is -1.86. The molecule has 4 amide bonds. The number of likely N-dealkylation sites (N-methyl/N-ethyl adjacent to an activating group) is 1. The zero-order chi connectivity index (χ0) is 43.4. The highest BCUT2D eigenvalue weighted by Crippen LogP contribution is 2.33. The lowest BCUT2D eigenvalue weighted by Gasteiger charge is -2.20. The minimum Gasteiger partial charge on any atom is -0.457 e. The third-order valence-electron chi connectivity index (χ3n) is 10.2. The van der Waals surface area contributed by atoms with Crippen LogP contribution in [0, 0.1) is 0 Å². The fourth-order valence-corrected chi connectivity index (χ4v) is 6.95. The topological polar surface area (TPSA) is 231 Å². The first-order chi connectivity index (χ1) is 30.2. The lowest BCUT2D eigenvalue weighted by molar-refractivity contribution is -0.137. The fraction of sp³-hybridized carbons (Fsp3) is 0.267. The van der Waals surface area contributed by atoms with Crippen LogP contribution >= 0.6 is 0 Å². The highest BCUT2D eigenvalue weighted by molar-refractivity contribution is 5.94. The molecular formula is C45H47N9O8. The van der Waals surface area contributed by atoms with Gasteiger partial charge in [0.15, 0.2) is 29.3 Å². The quantitative estimate of drug-likeness (QED) is 0.0518. The minimum absolute atomic E-state index is 0.0183. The van der Waals surface area contributed by atoms with Crippen LogP contribution in [0.25, 0.3) is 11.2 Å². The van der Waals surface area contributed by atoms with Crippen molar-refractivity contribution in [3.8, 4) is 0 Å². The Morgan fingerprint density at radius 1 is 0.758 bits per heavy atom. The largest absolute Gasteiger partial charge is 0.457 e. The Hall–Kier alpha value is -7.21. The number of hydrogen-bond acceptors (Lipinski definition) is 12. The first-order valence-electron chi connectivity index (χ1n) is 20.2. The van der Waals surface area contributed by atoms with E-state index in [2.05, 4.69) is 41.5 Å². The number of rotatable bonds is 17. The van der Waals surface area contributed by atoms with Crippen molar-refractivity contribution in [2.24, 2.45) is 0 Å². The molecular weight excluding hydrogens is 795 g/mol. The molecule has 62 heavy (non-hydrogen) atoms. The highest BCUT2D eigenvalue weighted by atomic mass is 16.6. The highest BCUT2D eigenvalue weighted by Gasteiger charge is 2.47. The molecule has 1 aliphatic rings. The fourth-order valence-electron chi connectivity index (χ4n) is 6.95. The van der Waals surface area contributed by atoms with Gasteiger partial charge < -0.3 is 46.3 Å². The second-order valence-corrected chi connectivity index (χ2v) is 14.4. The van der Waals surface area contributed by atoms with Gasteiger partial charge in [0.25, 0.3) is 11.8 Å². The molecule has 0 unspecified atom stereocenters. The van der Waals surface area contributed by atoms with Crippen LogP contribution in [-0.2, 0) is 27.4 Å². The number of carbonyl (C=O) groups is 4. The molecule has 6 aromatic rings. The Kier molecular flexibility index (Phi) is 14.1. The summed E-state index contributed by atoms with van der Waals surface area (Å²) < 4.78 is 12.6. The SMILES string of the molecule is CCNC(=O)[C@H]1O[C@@H](n2cnc3c(NCC(c4ccccc4)c4ccccc4)nc(C(=O)NCCNC(=O)NCc4ccc(C(=O)OCc5ccccc5)cc4)nc32)[C@H](O)[C@@H]1O. The Morgan fingerprint density at radius 2 is 1.40 bits per heavy atom. The summed E-state index contributed by atoms with van der Waals surface area (Å²) in [7, 11) is 0. The predicted molar refractivity (Wildman–Crippen MR) is 228 cm³/mol. The van der Waals surface area contributed by atoms with Crippen molar-refractivity contribution < 1.29 is 38.9 Å². The normalized spacial score (nSPS) is 17.0. The third-order valence-corrected chi connectivity index (χ3v) is 10.2. The van der Waals surface area contributed by atoms with Gasteiger partial charge in [-0.1, -0.05) is 103 Å². The average molecular weight is 842 g/mol. The van der Waals surface area contributed by atoms with E-state index in [-0.39, 0.29) is 55.0 Å². The van der Waals surface area contributed by atoms with Crippen LogP contribution in [-0.4, -0.2) is 98.0 Å². The third kappa shape index (κ3) is 10.4. The Labute approximate surface area is 356 Å². The van der Waals surface area contributed by atoms with Crippen molar-refractivity contribution in [3.63, 3.8) is 0 Å². The first kappa shape index (κ1) is 42.9. The second-order valence-electron chi connectivity index (χ2n) is 14.4. The smallest absolute Gasteiger partial charge is 0.338 e. The van der Waals surface area contributed by atoms with E-state index < -0.39 is 48.4 Å². The molecule has 320 valence electrons. The Morgan fingerprint density at radius 3 is 2.06 bits per heavy atom. The van der Waals surface area contributed by atoms with E-state index in [0.29, 0.717) is 18.7 Å². The van der Waals surface area contributed by atoms with Gasteiger partial charge in [-0.2, -0.15) is 0 Å². The molecule has 7 N–H and O–H groups in total. The number of carbonyl (C=O) groups excluding carboxylic acids is 4. The van der Waals surface area contributed by atoms with Gasteiger partial charge in [0.1, 0.15) is 18.8 Å². The van der Waals surface area contributed by atoms with Crippen molar-refractivity contribution in [1.29, 1.82) is 0 Å². The number of aromatic nitrogens is 4. The van der Waals surface area contributed by atoms with Crippen LogP contribution in [0.2, 0.25) is 0 Å². The molecule has 2 aromatic heterocycles. The van der Waals surface area contributed by atoms with E-state index in [4.69, 9.17) is 9.47 Å². The summed E-state index contributed by atoms with van der Waals surface area (Å²) in [6.07, 6.45) is -4.37. The summed E-state index contributed by atoms with van der Waals surface area (Å²) in [6.45, 7) is 2.78. The molecule has 1 fully saturated rings. The van der Waals surface area contributed by atoms with Crippen molar-refractivity contribution in [3.05, 3.63) is 155 Å². The summed E-state index contributed by atoms with van der Waals surface area (Å²) in [5, 5.41) is 35.9.